The standard InChI is InChI=1S/C12H15BrFN/c1-8-11(5-10(14)6-12(8)13)9-3-2-4-15-7-9/h5-6,9,15H,2-4,7H2,1H3. The average Bonchev–Trinajstić information content (AvgIpc) is 2.24. The Kier molecular flexibility index (Phi) is 3.42. The molecule has 0 aromatic heterocycles. The lowest BCUT2D eigenvalue weighted by molar-refractivity contribution is 0.458. The van der Waals surface area contributed by atoms with Gasteiger partial charge >= 0.3 is 0 Å². The Morgan fingerprint density at radius 1 is 1.47 bits per heavy atom. The predicted octanol–water partition coefficient (Wildman–Crippen LogP) is 3.36. The van der Waals surface area contributed by atoms with Crippen molar-refractivity contribution in [1.29, 1.82) is 0 Å². The van der Waals surface area contributed by atoms with Crippen LogP contribution in [0.15, 0.2) is 16.6 Å². The number of halogens is 2. The molecule has 1 nitrogen and oxygen atoms in total. The van der Waals surface area contributed by atoms with Crippen LogP contribution in [0.5, 0.6) is 0 Å². The van der Waals surface area contributed by atoms with Crippen LogP contribution in [0.3, 0.4) is 0 Å². The molecule has 1 N–H and O–H groups in total. The third-order valence-corrected chi connectivity index (χ3v) is 3.91. The van der Waals surface area contributed by atoms with Crippen LogP contribution in [0.4, 0.5) is 4.39 Å². The van der Waals surface area contributed by atoms with Gasteiger partial charge in [-0.05, 0) is 55.5 Å². The summed E-state index contributed by atoms with van der Waals surface area (Å²) < 4.78 is 14.2. The zero-order valence-corrected chi connectivity index (χ0v) is 10.4. The second-order valence-electron chi connectivity index (χ2n) is 4.15. The minimum Gasteiger partial charge on any atom is -0.316 e. The third-order valence-electron chi connectivity index (χ3n) is 3.09. The Labute approximate surface area is 98.2 Å². The molecule has 0 spiro atoms. The summed E-state index contributed by atoms with van der Waals surface area (Å²) in [5.41, 5.74) is 2.32. The first-order chi connectivity index (χ1) is 7.18. The number of benzene rings is 1. The van der Waals surface area contributed by atoms with Crippen LogP contribution in [-0.4, -0.2) is 13.1 Å². The summed E-state index contributed by atoms with van der Waals surface area (Å²) in [5.74, 6) is 0.318. The van der Waals surface area contributed by atoms with Crippen molar-refractivity contribution in [1.82, 2.24) is 5.32 Å². The highest BCUT2D eigenvalue weighted by atomic mass is 79.9. The van der Waals surface area contributed by atoms with Gasteiger partial charge in [-0.15, -0.1) is 0 Å². The molecule has 1 atom stereocenters. The monoisotopic (exact) mass is 271 g/mol. The molecule has 1 aliphatic rings. The molecule has 0 saturated carbocycles. The van der Waals surface area contributed by atoms with Crippen molar-refractivity contribution < 1.29 is 4.39 Å². The molecule has 2 rings (SSSR count). The zero-order chi connectivity index (χ0) is 10.8. The number of piperidine rings is 1. The van der Waals surface area contributed by atoms with Crippen molar-refractivity contribution in [3.8, 4) is 0 Å². The zero-order valence-electron chi connectivity index (χ0n) is 8.82. The molecular formula is C12H15BrFN. The van der Waals surface area contributed by atoms with E-state index >= 15 is 0 Å². The summed E-state index contributed by atoms with van der Waals surface area (Å²) in [6, 6.07) is 3.22. The molecule has 1 aromatic rings. The van der Waals surface area contributed by atoms with Crippen LogP contribution in [-0.2, 0) is 0 Å². The minimum atomic E-state index is -0.145. The van der Waals surface area contributed by atoms with Crippen LogP contribution in [0.2, 0.25) is 0 Å². The second kappa shape index (κ2) is 4.62. The number of hydrogen-bond acceptors (Lipinski definition) is 1. The van der Waals surface area contributed by atoms with E-state index in [0.717, 1.165) is 29.5 Å². The number of rotatable bonds is 1. The lowest BCUT2D eigenvalue weighted by atomic mass is 9.89. The topological polar surface area (TPSA) is 12.0 Å². The fourth-order valence-corrected chi connectivity index (χ4v) is 2.65. The van der Waals surface area contributed by atoms with Crippen molar-refractivity contribution in [2.45, 2.75) is 25.7 Å². The van der Waals surface area contributed by atoms with E-state index in [0.29, 0.717) is 5.92 Å². The number of nitrogens with one attached hydrogen (secondary N) is 1. The Balaban J connectivity index is 2.33. The van der Waals surface area contributed by atoms with E-state index in [1.165, 1.54) is 18.1 Å². The lowest BCUT2D eigenvalue weighted by Gasteiger charge is -2.25. The summed E-state index contributed by atoms with van der Waals surface area (Å²) in [7, 11) is 0. The van der Waals surface area contributed by atoms with Gasteiger partial charge in [-0.2, -0.15) is 0 Å². The summed E-state index contributed by atoms with van der Waals surface area (Å²) in [6.45, 7) is 4.11. The van der Waals surface area contributed by atoms with Crippen LogP contribution in [0.25, 0.3) is 0 Å². The largest absolute Gasteiger partial charge is 0.316 e. The van der Waals surface area contributed by atoms with E-state index in [1.54, 1.807) is 6.07 Å². The van der Waals surface area contributed by atoms with E-state index in [9.17, 15) is 4.39 Å². The van der Waals surface area contributed by atoms with Gasteiger partial charge in [0.25, 0.3) is 0 Å². The fourth-order valence-electron chi connectivity index (χ4n) is 2.21. The maximum absolute atomic E-state index is 13.3. The number of hydrogen-bond donors (Lipinski definition) is 1. The third kappa shape index (κ3) is 2.40. The van der Waals surface area contributed by atoms with Gasteiger partial charge in [-0.25, -0.2) is 4.39 Å². The molecule has 0 amide bonds. The Morgan fingerprint density at radius 2 is 2.27 bits per heavy atom. The molecule has 0 aliphatic carbocycles. The van der Waals surface area contributed by atoms with Gasteiger partial charge in [-0.1, -0.05) is 15.9 Å². The van der Waals surface area contributed by atoms with Gasteiger partial charge < -0.3 is 5.32 Å². The van der Waals surface area contributed by atoms with Crippen LogP contribution in [0, 0.1) is 12.7 Å². The molecule has 1 aromatic carbocycles. The van der Waals surface area contributed by atoms with Crippen molar-refractivity contribution in [2.75, 3.05) is 13.1 Å². The smallest absolute Gasteiger partial charge is 0.124 e. The van der Waals surface area contributed by atoms with Crippen molar-refractivity contribution in [2.24, 2.45) is 0 Å². The molecule has 1 fully saturated rings. The Bertz CT molecular complexity index is 359. The first-order valence-electron chi connectivity index (χ1n) is 5.34. The molecular weight excluding hydrogens is 257 g/mol. The fraction of sp³-hybridized carbons (Fsp3) is 0.500. The van der Waals surface area contributed by atoms with Crippen molar-refractivity contribution >= 4 is 15.9 Å². The predicted molar refractivity (Wildman–Crippen MR) is 63.7 cm³/mol. The normalized spacial score (nSPS) is 21.7. The van der Waals surface area contributed by atoms with Gasteiger partial charge in [0.15, 0.2) is 0 Å². The summed E-state index contributed by atoms with van der Waals surface area (Å²) in [6.07, 6.45) is 2.34. The summed E-state index contributed by atoms with van der Waals surface area (Å²) in [4.78, 5) is 0. The second-order valence-corrected chi connectivity index (χ2v) is 5.00. The molecule has 15 heavy (non-hydrogen) atoms. The molecule has 1 aliphatic heterocycles. The molecule has 1 unspecified atom stereocenters. The summed E-state index contributed by atoms with van der Waals surface area (Å²) >= 11 is 3.40. The van der Waals surface area contributed by atoms with Crippen LogP contribution in [0.1, 0.15) is 29.9 Å². The van der Waals surface area contributed by atoms with Gasteiger partial charge in [0, 0.05) is 11.0 Å². The van der Waals surface area contributed by atoms with Gasteiger partial charge in [0.2, 0.25) is 0 Å². The Morgan fingerprint density at radius 3 is 2.93 bits per heavy atom. The lowest BCUT2D eigenvalue weighted by Crippen LogP contribution is -2.28. The Hall–Kier alpha value is -0.410. The van der Waals surface area contributed by atoms with E-state index in [4.69, 9.17) is 0 Å². The first kappa shape index (κ1) is 11.1. The molecule has 0 bridgehead atoms. The highest BCUT2D eigenvalue weighted by molar-refractivity contribution is 9.10. The molecule has 1 heterocycles. The molecule has 1 saturated heterocycles. The maximum atomic E-state index is 13.3. The minimum absolute atomic E-state index is 0.145. The van der Waals surface area contributed by atoms with Crippen molar-refractivity contribution in [3.05, 3.63) is 33.5 Å². The molecule has 3 heteroatoms. The van der Waals surface area contributed by atoms with E-state index in [2.05, 4.69) is 21.2 Å². The van der Waals surface area contributed by atoms with Crippen LogP contribution < -0.4 is 5.32 Å². The average molecular weight is 272 g/mol. The van der Waals surface area contributed by atoms with Gasteiger partial charge in [-0.3, -0.25) is 0 Å². The van der Waals surface area contributed by atoms with Crippen LogP contribution >= 0.6 is 15.9 Å². The molecule has 82 valence electrons. The highest BCUT2D eigenvalue weighted by Gasteiger charge is 2.18. The van der Waals surface area contributed by atoms with E-state index in [1.807, 2.05) is 6.92 Å². The first-order valence-corrected chi connectivity index (χ1v) is 6.14. The quantitative estimate of drug-likeness (QED) is 0.826. The van der Waals surface area contributed by atoms with Crippen molar-refractivity contribution in [3.63, 3.8) is 0 Å². The van der Waals surface area contributed by atoms with Gasteiger partial charge in [0.1, 0.15) is 5.82 Å². The van der Waals surface area contributed by atoms with E-state index in [-0.39, 0.29) is 5.82 Å². The highest BCUT2D eigenvalue weighted by Crippen LogP contribution is 2.30. The summed E-state index contributed by atoms with van der Waals surface area (Å²) in [5, 5.41) is 3.36. The SMILES string of the molecule is Cc1c(Br)cc(F)cc1C1CCCNC1. The maximum Gasteiger partial charge on any atom is 0.124 e. The van der Waals surface area contributed by atoms with Gasteiger partial charge in [0.05, 0.1) is 0 Å². The van der Waals surface area contributed by atoms with E-state index < -0.39 is 0 Å². The molecule has 0 radical (unpaired) electrons.